The summed E-state index contributed by atoms with van der Waals surface area (Å²) in [6, 6.07) is 2.25. The van der Waals surface area contributed by atoms with Gasteiger partial charge in [0.2, 0.25) is 11.8 Å². The zero-order valence-electron chi connectivity index (χ0n) is 12.7. The Kier molecular flexibility index (Phi) is 4.17. The maximum atomic E-state index is 12.3. The molecular formula is C16H24N2O2. The monoisotopic (exact) mass is 276 g/mol. The number of hydrogen-bond acceptors (Lipinski definition) is 3. The van der Waals surface area contributed by atoms with Gasteiger partial charge in [0.15, 0.2) is 0 Å². The number of imide groups is 1. The molecule has 0 aromatic carbocycles. The number of likely N-dealkylation sites (tertiary alicyclic amines) is 1. The molecule has 110 valence electrons. The standard InChI is InChI=1S/C16H24N2O2/c1-4-11-8-12-13(9-11)15(20)18(14(12)19)7-5-6-16(2,3)10-17/h11-13H,4-9H2,1-3H3. The summed E-state index contributed by atoms with van der Waals surface area (Å²) in [5.74, 6) is 0.488. The molecule has 2 aliphatic rings. The average Bonchev–Trinajstić information content (AvgIpc) is 2.94. The minimum atomic E-state index is -0.380. The van der Waals surface area contributed by atoms with Gasteiger partial charge in [-0.3, -0.25) is 14.5 Å². The first-order valence-electron chi connectivity index (χ1n) is 7.66. The first-order valence-corrected chi connectivity index (χ1v) is 7.66. The van der Waals surface area contributed by atoms with Gasteiger partial charge in [-0.15, -0.1) is 0 Å². The Bertz CT molecular complexity index is 426. The number of carbonyl (C=O) groups is 2. The third-order valence-corrected chi connectivity index (χ3v) is 4.89. The fraction of sp³-hybridized carbons (Fsp3) is 0.812. The zero-order chi connectivity index (χ0) is 14.9. The number of nitriles is 1. The van der Waals surface area contributed by atoms with Gasteiger partial charge in [-0.05, 0) is 45.4 Å². The van der Waals surface area contributed by atoms with E-state index in [2.05, 4.69) is 13.0 Å². The topological polar surface area (TPSA) is 61.2 Å². The van der Waals surface area contributed by atoms with E-state index in [4.69, 9.17) is 5.26 Å². The van der Waals surface area contributed by atoms with Gasteiger partial charge in [-0.25, -0.2) is 0 Å². The second-order valence-corrected chi connectivity index (χ2v) is 6.89. The Balaban J connectivity index is 1.91. The van der Waals surface area contributed by atoms with Crippen LogP contribution < -0.4 is 0 Å². The van der Waals surface area contributed by atoms with E-state index in [9.17, 15) is 9.59 Å². The highest BCUT2D eigenvalue weighted by atomic mass is 16.2. The number of nitrogens with zero attached hydrogens (tertiary/aromatic N) is 2. The zero-order valence-corrected chi connectivity index (χ0v) is 12.7. The van der Waals surface area contributed by atoms with E-state index in [0.717, 1.165) is 19.3 Å². The van der Waals surface area contributed by atoms with Crippen LogP contribution in [-0.2, 0) is 9.59 Å². The Morgan fingerprint density at radius 3 is 2.25 bits per heavy atom. The Morgan fingerprint density at radius 1 is 1.25 bits per heavy atom. The van der Waals surface area contributed by atoms with Crippen molar-refractivity contribution in [2.75, 3.05) is 6.54 Å². The van der Waals surface area contributed by atoms with Crippen molar-refractivity contribution in [3.63, 3.8) is 0 Å². The lowest BCUT2D eigenvalue weighted by Gasteiger charge is -2.20. The van der Waals surface area contributed by atoms with Crippen molar-refractivity contribution < 1.29 is 9.59 Å². The molecule has 1 saturated carbocycles. The third kappa shape index (κ3) is 2.72. The van der Waals surface area contributed by atoms with Crippen LogP contribution in [0.4, 0.5) is 0 Å². The van der Waals surface area contributed by atoms with Crippen molar-refractivity contribution >= 4 is 11.8 Å². The molecule has 2 unspecified atom stereocenters. The first kappa shape index (κ1) is 15.0. The predicted octanol–water partition coefficient (Wildman–Crippen LogP) is 2.74. The van der Waals surface area contributed by atoms with Crippen LogP contribution in [0.15, 0.2) is 0 Å². The van der Waals surface area contributed by atoms with Crippen LogP contribution in [0.3, 0.4) is 0 Å². The molecule has 20 heavy (non-hydrogen) atoms. The molecule has 1 saturated heterocycles. The van der Waals surface area contributed by atoms with Gasteiger partial charge >= 0.3 is 0 Å². The van der Waals surface area contributed by atoms with Gasteiger partial charge in [0.1, 0.15) is 0 Å². The van der Waals surface area contributed by atoms with Crippen molar-refractivity contribution in [2.24, 2.45) is 23.2 Å². The van der Waals surface area contributed by atoms with Crippen LogP contribution in [0.1, 0.15) is 52.9 Å². The summed E-state index contributed by atoms with van der Waals surface area (Å²) in [6.45, 7) is 6.39. The quantitative estimate of drug-likeness (QED) is 0.725. The molecule has 0 spiro atoms. The summed E-state index contributed by atoms with van der Waals surface area (Å²) in [6.07, 6.45) is 4.25. The van der Waals surface area contributed by atoms with Crippen molar-refractivity contribution in [2.45, 2.75) is 52.9 Å². The number of amides is 2. The lowest BCUT2D eigenvalue weighted by atomic mass is 9.90. The van der Waals surface area contributed by atoms with Crippen LogP contribution in [0, 0.1) is 34.5 Å². The number of carbonyl (C=O) groups excluding carboxylic acids is 2. The minimum Gasteiger partial charge on any atom is -0.282 e. The molecule has 0 aromatic heterocycles. The molecule has 2 amide bonds. The molecule has 1 heterocycles. The number of rotatable bonds is 5. The lowest BCUT2D eigenvalue weighted by Crippen LogP contribution is -2.33. The van der Waals surface area contributed by atoms with Gasteiger partial charge in [-0.1, -0.05) is 13.3 Å². The summed E-state index contributed by atoms with van der Waals surface area (Å²) in [5, 5.41) is 8.98. The van der Waals surface area contributed by atoms with Crippen molar-refractivity contribution in [3.05, 3.63) is 0 Å². The minimum absolute atomic E-state index is 0.0331. The molecule has 2 rings (SSSR count). The second-order valence-electron chi connectivity index (χ2n) is 6.89. The summed E-state index contributed by atoms with van der Waals surface area (Å²) in [4.78, 5) is 26.1. The van der Waals surface area contributed by atoms with Crippen LogP contribution in [0.2, 0.25) is 0 Å². The van der Waals surface area contributed by atoms with E-state index in [1.54, 1.807) is 0 Å². The van der Waals surface area contributed by atoms with E-state index < -0.39 is 0 Å². The number of fused-ring (bicyclic) bond motifs is 1. The molecule has 0 N–H and O–H groups in total. The Morgan fingerprint density at radius 2 is 1.80 bits per heavy atom. The van der Waals surface area contributed by atoms with Gasteiger partial charge in [0.05, 0.1) is 23.3 Å². The van der Waals surface area contributed by atoms with Crippen LogP contribution in [-0.4, -0.2) is 23.3 Å². The van der Waals surface area contributed by atoms with E-state index in [0.29, 0.717) is 25.3 Å². The summed E-state index contributed by atoms with van der Waals surface area (Å²) in [7, 11) is 0. The Labute approximate surface area is 121 Å². The van der Waals surface area contributed by atoms with E-state index >= 15 is 0 Å². The SMILES string of the molecule is CCC1CC2C(=O)N(CCCC(C)(C)C#N)C(=O)C2C1. The smallest absolute Gasteiger partial charge is 0.233 e. The first-order chi connectivity index (χ1) is 9.39. The predicted molar refractivity (Wildman–Crippen MR) is 75.3 cm³/mol. The van der Waals surface area contributed by atoms with Gasteiger partial charge < -0.3 is 0 Å². The lowest BCUT2D eigenvalue weighted by molar-refractivity contribution is -0.140. The maximum absolute atomic E-state index is 12.3. The van der Waals surface area contributed by atoms with Crippen molar-refractivity contribution in [1.82, 2.24) is 4.90 Å². The average molecular weight is 276 g/mol. The molecule has 2 atom stereocenters. The molecule has 1 aliphatic carbocycles. The van der Waals surface area contributed by atoms with Crippen LogP contribution in [0.5, 0.6) is 0 Å². The van der Waals surface area contributed by atoms with E-state index in [1.165, 1.54) is 4.90 Å². The second kappa shape index (κ2) is 5.55. The molecule has 0 aromatic rings. The van der Waals surface area contributed by atoms with Gasteiger partial charge in [0, 0.05) is 6.54 Å². The molecule has 4 heteroatoms. The largest absolute Gasteiger partial charge is 0.282 e. The van der Waals surface area contributed by atoms with Gasteiger partial charge in [0.25, 0.3) is 0 Å². The molecule has 2 fully saturated rings. The van der Waals surface area contributed by atoms with E-state index in [-0.39, 0.29) is 29.1 Å². The Hall–Kier alpha value is -1.37. The molecule has 4 nitrogen and oxygen atoms in total. The summed E-state index contributed by atoms with van der Waals surface area (Å²) in [5.41, 5.74) is -0.380. The van der Waals surface area contributed by atoms with Gasteiger partial charge in [-0.2, -0.15) is 5.26 Å². The number of hydrogen-bond donors (Lipinski definition) is 0. The van der Waals surface area contributed by atoms with E-state index in [1.807, 2.05) is 13.8 Å². The molecular weight excluding hydrogens is 252 g/mol. The normalized spacial score (nSPS) is 29.7. The molecule has 1 aliphatic heterocycles. The molecule has 0 bridgehead atoms. The summed E-state index contributed by atoms with van der Waals surface area (Å²) >= 11 is 0. The van der Waals surface area contributed by atoms with Crippen LogP contribution >= 0.6 is 0 Å². The fourth-order valence-corrected chi connectivity index (χ4v) is 3.49. The third-order valence-electron chi connectivity index (χ3n) is 4.89. The highest BCUT2D eigenvalue weighted by molar-refractivity contribution is 6.05. The van der Waals surface area contributed by atoms with Crippen molar-refractivity contribution in [1.29, 1.82) is 5.26 Å². The van der Waals surface area contributed by atoms with Crippen LogP contribution in [0.25, 0.3) is 0 Å². The highest BCUT2D eigenvalue weighted by Crippen LogP contribution is 2.44. The highest BCUT2D eigenvalue weighted by Gasteiger charge is 2.51. The fourth-order valence-electron chi connectivity index (χ4n) is 3.49. The van der Waals surface area contributed by atoms with Crippen molar-refractivity contribution in [3.8, 4) is 6.07 Å². The maximum Gasteiger partial charge on any atom is 0.233 e. The summed E-state index contributed by atoms with van der Waals surface area (Å²) < 4.78 is 0. The molecule has 0 radical (unpaired) electrons.